The summed E-state index contributed by atoms with van der Waals surface area (Å²) in [5.41, 5.74) is 2.29. The smallest absolute Gasteiger partial charge is 0.130 e. The largest absolute Gasteiger partial charge is 0.491 e. The summed E-state index contributed by atoms with van der Waals surface area (Å²) in [5, 5.41) is 12.3. The maximum Gasteiger partial charge on any atom is 0.130 e. The molecule has 1 aromatic rings. The van der Waals surface area contributed by atoms with Gasteiger partial charge in [-0.3, -0.25) is 5.32 Å². The first kappa shape index (κ1) is 11.9. The highest BCUT2D eigenvalue weighted by Crippen LogP contribution is 2.21. The average molecular weight is 230 g/mol. The van der Waals surface area contributed by atoms with E-state index >= 15 is 0 Å². The van der Waals surface area contributed by atoms with Gasteiger partial charge in [0.05, 0.1) is 6.07 Å². The zero-order valence-electron chi connectivity index (χ0n) is 10.4. The van der Waals surface area contributed by atoms with Gasteiger partial charge in [0.25, 0.3) is 0 Å². The Balaban J connectivity index is 1.91. The summed E-state index contributed by atoms with van der Waals surface area (Å²) in [7, 11) is 0. The summed E-state index contributed by atoms with van der Waals surface area (Å²) >= 11 is 0. The van der Waals surface area contributed by atoms with E-state index in [4.69, 9.17) is 10.00 Å². The van der Waals surface area contributed by atoms with Crippen molar-refractivity contribution in [1.29, 1.82) is 5.26 Å². The van der Waals surface area contributed by atoms with E-state index in [-0.39, 0.29) is 6.04 Å². The van der Waals surface area contributed by atoms with Gasteiger partial charge in [0.1, 0.15) is 18.4 Å². The van der Waals surface area contributed by atoms with E-state index in [9.17, 15) is 0 Å². The number of benzene rings is 1. The first-order valence-corrected chi connectivity index (χ1v) is 6.05. The Kier molecular flexibility index (Phi) is 3.65. The van der Waals surface area contributed by atoms with Gasteiger partial charge >= 0.3 is 0 Å². The topological polar surface area (TPSA) is 45.0 Å². The van der Waals surface area contributed by atoms with Crippen molar-refractivity contribution in [2.75, 3.05) is 6.61 Å². The number of nitriles is 1. The summed E-state index contributed by atoms with van der Waals surface area (Å²) in [5.74, 6) is 0.878. The van der Waals surface area contributed by atoms with Crippen molar-refractivity contribution >= 4 is 0 Å². The molecule has 1 aliphatic carbocycles. The van der Waals surface area contributed by atoms with Crippen molar-refractivity contribution in [1.82, 2.24) is 5.32 Å². The van der Waals surface area contributed by atoms with Crippen LogP contribution in [0.1, 0.15) is 24.0 Å². The summed E-state index contributed by atoms with van der Waals surface area (Å²) in [6, 6.07) is 8.68. The highest BCUT2D eigenvalue weighted by molar-refractivity contribution is 5.36. The molecule has 1 atom stereocenters. The van der Waals surface area contributed by atoms with Gasteiger partial charge in [0.15, 0.2) is 0 Å². The number of hydrogen-bond acceptors (Lipinski definition) is 3. The summed E-state index contributed by atoms with van der Waals surface area (Å²) in [6.07, 6.45) is 2.36. The SMILES string of the molecule is Cc1ccc(C)c(OCC(C#N)NC2CC2)c1. The van der Waals surface area contributed by atoms with E-state index in [1.54, 1.807) is 0 Å². The van der Waals surface area contributed by atoms with Crippen LogP contribution in [0.2, 0.25) is 0 Å². The van der Waals surface area contributed by atoms with Crippen molar-refractivity contribution in [2.24, 2.45) is 0 Å². The van der Waals surface area contributed by atoms with Crippen molar-refractivity contribution in [3.05, 3.63) is 29.3 Å². The second-order valence-electron chi connectivity index (χ2n) is 4.70. The lowest BCUT2D eigenvalue weighted by Crippen LogP contribution is -2.34. The molecule has 0 heterocycles. The van der Waals surface area contributed by atoms with Crippen molar-refractivity contribution in [3.8, 4) is 11.8 Å². The molecule has 17 heavy (non-hydrogen) atoms. The maximum absolute atomic E-state index is 9.01. The van der Waals surface area contributed by atoms with Crippen molar-refractivity contribution < 1.29 is 4.74 Å². The lowest BCUT2D eigenvalue weighted by molar-refractivity contribution is 0.286. The second-order valence-corrected chi connectivity index (χ2v) is 4.70. The Morgan fingerprint density at radius 3 is 2.88 bits per heavy atom. The Bertz CT molecular complexity index is 432. The predicted molar refractivity (Wildman–Crippen MR) is 67.0 cm³/mol. The number of rotatable bonds is 5. The van der Waals surface area contributed by atoms with E-state index < -0.39 is 0 Å². The standard InChI is InChI=1S/C14H18N2O/c1-10-3-4-11(2)14(7-10)17-9-13(8-15)16-12-5-6-12/h3-4,7,12-13,16H,5-6,9H2,1-2H3. The zero-order valence-corrected chi connectivity index (χ0v) is 10.4. The maximum atomic E-state index is 9.01. The molecule has 1 fully saturated rings. The van der Waals surface area contributed by atoms with Gasteiger partial charge in [-0.15, -0.1) is 0 Å². The van der Waals surface area contributed by atoms with Crippen LogP contribution in [-0.4, -0.2) is 18.7 Å². The Morgan fingerprint density at radius 1 is 1.47 bits per heavy atom. The third-order valence-corrected chi connectivity index (χ3v) is 2.92. The number of ether oxygens (including phenoxy) is 1. The molecule has 2 rings (SSSR count). The zero-order chi connectivity index (χ0) is 12.3. The molecule has 90 valence electrons. The normalized spacial score (nSPS) is 16.3. The van der Waals surface area contributed by atoms with Crippen LogP contribution in [0, 0.1) is 25.2 Å². The van der Waals surface area contributed by atoms with Crippen LogP contribution in [0.25, 0.3) is 0 Å². The molecule has 1 saturated carbocycles. The van der Waals surface area contributed by atoms with Gasteiger partial charge in [0, 0.05) is 6.04 Å². The highest BCUT2D eigenvalue weighted by atomic mass is 16.5. The molecule has 0 radical (unpaired) electrons. The van der Waals surface area contributed by atoms with E-state index in [1.807, 2.05) is 26.0 Å². The van der Waals surface area contributed by atoms with Crippen LogP contribution in [0.4, 0.5) is 0 Å². The Morgan fingerprint density at radius 2 is 2.24 bits per heavy atom. The minimum Gasteiger partial charge on any atom is -0.491 e. The second kappa shape index (κ2) is 5.20. The monoisotopic (exact) mass is 230 g/mol. The summed E-state index contributed by atoms with van der Waals surface area (Å²) in [4.78, 5) is 0. The fraction of sp³-hybridized carbons (Fsp3) is 0.500. The molecule has 0 aliphatic heterocycles. The van der Waals surface area contributed by atoms with E-state index in [0.29, 0.717) is 12.6 Å². The first-order valence-electron chi connectivity index (χ1n) is 6.05. The third kappa shape index (κ3) is 3.47. The van der Waals surface area contributed by atoms with Gasteiger partial charge in [-0.1, -0.05) is 12.1 Å². The van der Waals surface area contributed by atoms with Gasteiger partial charge < -0.3 is 4.74 Å². The molecule has 1 N–H and O–H groups in total. The number of hydrogen-bond donors (Lipinski definition) is 1. The van der Waals surface area contributed by atoms with E-state index in [2.05, 4.69) is 17.5 Å². The first-order chi connectivity index (χ1) is 8.19. The van der Waals surface area contributed by atoms with E-state index in [0.717, 1.165) is 11.3 Å². The van der Waals surface area contributed by atoms with Gasteiger partial charge in [-0.25, -0.2) is 0 Å². The quantitative estimate of drug-likeness (QED) is 0.844. The number of nitrogens with zero attached hydrogens (tertiary/aromatic N) is 1. The summed E-state index contributed by atoms with van der Waals surface area (Å²) in [6.45, 7) is 4.47. The molecular formula is C14H18N2O. The minimum absolute atomic E-state index is 0.206. The molecule has 3 heteroatoms. The fourth-order valence-electron chi connectivity index (χ4n) is 1.69. The van der Waals surface area contributed by atoms with Gasteiger partial charge in [0.2, 0.25) is 0 Å². The lowest BCUT2D eigenvalue weighted by atomic mass is 10.1. The van der Waals surface area contributed by atoms with E-state index in [1.165, 1.54) is 18.4 Å². The lowest BCUT2D eigenvalue weighted by Gasteiger charge is -2.14. The number of aryl methyl sites for hydroxylation is 2. The molecule has 0 spiro atoms. The Hall–Kier alpha value is -1.53. The van der Waals surface area contributed by atoms with Crippen LogP contribution < -0.4 is 10.1 Å². The molecule has 1 aromatic carbocycles. The van der Waals surface area contributed by atoms with Crippen LogP contribution in [0.5, 0.6) is 5.75 Å². The minimum atomic E-state index is -0.206. The van der Waals surface area contributed by atoms with Gasteiger partial charge in [-0.05, 0) is 43.9 Å². The predicted octanol–water partition coefficient (Wildman–Crippen LogP) is 2.33. The molecule has 1 unspecified atom stereocenters. The van der Waals surface area contributed by atoms with Gasteiger partial charge in [-0.2, -0.15) is 5.26 Å². The molecule has 0 saturated heterocycles. The molecule has 1 aliphatic rings. The fourth-order valence-corrected chi connectivity index (χ4v) is 1.69. The van der Waals surface area contributed by atoms with Crippen LogP contribution in [0.15, 0.2) is 18.2 Å². The third-order valence-electron chi connectivity index (χ3n) is 2.92. The Labute approximate surface area is 102 Å². The van der Waals surface area contributed by atoms with Crippen LogP contribution in [0.3, 0.4) is 0 Å². The highest BCUT2D eigenvalue weighted by Gasteiger charge is 2.24. The molecule has 0 bridgehead atoms. The molecular weight excluding hydrogens is 212 g/mol. The average Bonchev–Trinajstić information content (AvgIpc) is 3.12. The summed E-state index contributed by atoms with van der Waals surface area (Å²) < 4.78 is 5.71. The number of nitrogens with one attached hydrogen (secondary N) is 1. The van der Waals surface area contributed by atoms with Crippen molar-refractivity contribution in [3.63, 3.8) is 0 Å². The van der Waals surface area contributed by atoms with Crippen molar-refractivity contribution in [2.45, 2.75) is 38.8 Å². The molecule has 0 aromatic heterocycles. The molecule has 3 nitrogen and oxygen atoms in total. The van der Waals surface area contributed by atoms with Crippen LogP contribution in [-0.2, 0) is 0 Å². The van der Waals surface area contributed by atoms with Crippen LogP contribution >= 0.6 is 0 Å². The molecule has 0 amide bonds.